The van der Waals surface area contributed by atoms with Crippen LogP contribution in [0.25, 0.3) is 11.1 Å². The Labute approximate surface area is 121 Å². The van der Waals surface area contributed by atoms with Gasteiger partial charge in [-0.15, -0.1) is 0 Å². The third-order valence-corrected chi connectivity index (χ3v) is 3.32. The molecular formula is C14H17BrN4. The van der Waals surface area contributed by atoms with E-state index < -0.39 is 0 Å². The fourth-order valence-corrected chi connectivity index (χ4v) is 1.80. The molecule has 0 unspecified atom stereocenters. The van der Waals surface area contributed by atoms with Crippen molar-refractivity contribution in [2.45, 2.75) is 19.4 Å². The number of nitrogens with two attached hydrogens (primary N) is 1. The second-order valence-corrected chi connectivity index (χ2v) is 5.93. The number of hydrogen-bond donors (Lipinski definition) is 2. The number of rotatable bonds is 4. The summed E-state index contributed by atoms with van der Waals surface area (Å²) in [7, 11) is 0. The summed E-state index contributed by atoms with van der Waals surface area (Å²) in [6.45, 7) is 4.54. The van der Waals surface area contributed by atoms with Crippen LogP contribution in [0.1, 0.15) is 13.8 Å². The Morgan fingerprint density at radius 3 is 2.21 bits per heavy atom. The topological polar surface area (TPSA) is 63.8 Å². The summed E-state index contributed by atoms with van der Waals surface area (Å²) in [6.07, 6.45) is 3.62. The molecule has 0 bridgehead atoms. The molecule has 0 atom stereocenters. The first kappa shape index (κ1) is 14.0. The van der Waals surface area contributed by atoms with Crippen LogP contribution in [0.4, 0.5) is 5.95 Å². The third-order valence-electron chi connectivity index (χ3n) is 2.79. The van der Waals surface area contributed by atoms with E-state index in [-0.39, 0.29) is 5.54 Å². The first-order valence-electron chi connectivity index (χ1n) is 6.06. The minimum Gasteiger partial charge on any atom is -0.348 e. The lowest BCUT2D eigenvalue weighted by molar-refractivity contribution is 0.574. The van der Waals surface area contributed by atoms with Gasteiger partial charge < -0.3 is 11.1 Å². The van der Waals surface area contributed by atoms with E-state index in [4.69, 9.17) is 5.73 Å². The van der Waals surface area contributed by atoms with Crippen molar-refractivity contribution in [1.82, 2.24) is 9.97 Å². The Kier molecular flexibility index (Phi) is 4.17. The van der Waals surface area contributed by atoms with Crippen LogP contribution in [0.5, 0.6) is 0 Å². The summed E-state index contributed by atoms with van der Waals surface area (Å²) in [5.41, 5.74) is 7.54. The maximum absolute atomic E-state index is 5.67. The molecular weight excluding hydrogens is 304 g/mol. The van der Waals surface area contributed by atoms with Crippen LogP contribution in [0, 0.1) is 0 Å². The molecule has 0 fully saturated rings. The molecule has 3 N–H and O–H groups in total. The highest BCUT2D eigenvalue weighted by Gasteiger charge is 2.15. The zero-order valence-corrected chi connectivity index (χ0v) is 12.6. The minimum atomic E-state index is -0.209. The van der Waals surface area contributed by atoms with Crippen molar-refractivity contribution < 1.29 is 0 Å². The van der Waals surface area contributed by atoms with Gasteiger partial charge in [-0.25, -0.2) is 9.97 Å². The van der Waals surface area contributed by atoms with Gasteiger partial charge in [-0.3, -0.25) is 0 Å². The van der Waals surface area contributed by atoms with Crippen LogP contribution in [-0.4, -0.2) is 22.1 Å². The first-order chi connectivity index (χ1) is 9.00. The van der Waals surface area contributed by atoms with Gasteiger partial charge in [0.2, 0.25) is 5.95 Å². The summed E-state index contributed by atoms with van der Waals surface area (Å²) >= 11 is 3.42. The van der Waals surface area contributed by atoms with Crippen LogP contribution >= 0.6 is 15.9 Å². The second kappa shape index (κ2) is 5.67. The van der Waals surface area contributed by atoms with Crippen molar-refractivity contribution in [2.75, 3.05) is 11.9 Å². The molecule has 2 aromatic rings. The van der Waals surface area contributed by atoms with Crippen LogP contribution in [0.3, 0.4) is 0 Å². The summed E-state index contributed by atoms with van der Waals surface area (Å²) in [4.78, 5) is 8.64. The van der Waals surface area contributed by atoms with E-state index in [1.807, 2.05) is 50.5 Å². The predicted octanol–water partition coefficient (Wildman–Crippen LogP) is 3.06. The van der Waals surface area contributed by atoms with Gasteiger partial charge in [0.1, 0.15) is 0 Å². The summed E-state index contributed by atoms with van der Waals surface area (Å²) < 4.78 is 1.06. The van der Waals surface area contributed by atoms with Crippen LogP contribution in [-0.2, 0) is 0 Å². The molecule has 5 heteroatoms. The van der Waals surface area contributed by atoms with E-state index in [1.165, 1.54) is 0 Å². The molecule has 100 valence electrons. The number of benzene rings is 1. The Hall–Kier alpha value is -1.46. The zero-order chi connectivity index (χ0) is 13.9. The number of halogens is 1. The van der Waals surface area contributed by atoms with Crippen molar-refractivity contribution in [2.24, 2.45) is 5.73 Å². The quantitative estimate of drug-likeness (QED) is 0.908. The number of anilines is 1. The molecule has 4 nitrogen and oxygen atoms in total. The second-order valence-electron chi connectivity index (χ2n) is 5.02. The predicted molar refractivity (Wildman–Crippen MR) is 81.9 cm³/mol. The molecule has 0 saturated carbocycles. The van der Waals surface area contributed by atoms with Gasteiger partial charge in [0, 0.05) is 34.5 Å². The fraction of sp³-hybridized carbons (Fsp3) is 0.286. The minimum absolute atomic E-state index is 0.209. The van der Waals surface area contributed by atoms with Gasteiger partial charge >= 0.3 is 0 Å². The highest BCUT2D eigenvalue weighted by atomic mass is 79.9. The zero-order valence-electron chi connectivity index (χ0n) is 11.0. The lowest BCUT2D eigenvalue weighted by atomic mass is 10.1. The van der Waals surface area contributed by atoms with Gasteiger partial charge in [-0.1, -0.05) is 28.1 Å². The highest BCUT2D eigenvalue weighted by Crippen LogP contribution is 2.21. The first-order valence-corrected chi connectivity index (χ1v) is 6.86. The number of hydrogen-bond acceptors (Lipinski definition) is 4. The standard InChI is InChI=1S/C14H17BrN4/c1-14(2,9-16)19-13-17-7-11(8-18-13)10-3-5-12(15)6-4-10/h3-8H,9,16H2,1-2H3,(H,17,18,19). The van der Waals surface area contributed by atoms with Crippen molar-refractivity contribution >= 4 is 21.9 Å². The van der Waals surface area contributed by atoms with E-state index in [1.54, 1.807) is 0 Å². The number of aromatic nitrogens is 2. The molecule has 1 aromatic carbocycles. The van der Waals surface area contributed by atoms with E-state index in [2.05, 4.69) is 31.2 Å². The van der Waals surface area contributed by atoms with Crippen molar-refractivity contribution in [3.63, 3.8) is 0 Å². The average Bonchev–Trinajstić information content (AvgIpc) is 2.40. The molecule has 0 amide bonds. The Morgan fingerprint density at radius 2 is 1.68 bits per heavy atom. The molecule has 0 aliphatic heterocycles. The molecule has 1 heterocycles. The molecule has 2 rings (SSSR count). The Bertz CT molecular complexity index is 534. The SMILES string of the molecule is CC(C)(CN)Nc1ncc(-c2ccc(Br)cc2)cn1. The van der Waals surface area contributed by atoms with Crippen LogP contribution in [0.2, 0.25) is 0 Å². The third kappa shape index (κ3) is 3.75. The Morgan fingerprint density at radius 1 is 1.11 bits per heavy atom. The molecule has 0 spiro atoms. The van der Waals surface area contributed by atoms with E-state index in [0.717, 1.165) is 15.6 Å². The average molecular weight is 321 g/mol. The van der Waals surface area contributed by atoms with E-state index >= 15 is 0 Å². The number of nitrogens with one attached hydrogen (secondary N) is 1. The lowest BCUT2D eigenvalue weighted by Crippen LogP contribution is -2.39. The van der Waals surface area contributed by atoms with Crippen molar-refractivity contribution in [3.8, 4) is 11.1 Å². The lowest BCUT2D eigenvalue weighted by Gasteiger charge is -2.23. The van der Waals surface area contributed by atoms with Crippen molar-refractivity contribution in [3.05, 3.63) is 41.1 Å². The molecule has 1 aromatic heterocycles. The molecule has 0 aliphatic carbocycles. The van der Waals surface area contributed by atoms with Crippen molar-refractivity contribution in [1.29, 1.82) is 0 Å². The van der Waals surface area contributed by atoms with Gasteiger partial charge in [0.25, 0.3) is 0 Å². The maximum atomic E-state index is 5.67. The molecule has 0 radical (unpaired) electrons. The molecule has 0 aliphatic rings. The molecule has 0 saturated heterocycles. The highest BCUT2D eigenvalue weighted by molar-refractivity contribution is 9.10. The smallest absolute Gasteiger partial charge is 0.223 e. The summed E-state index contributed by atoms with van der Waals surface area (Å²) in [5, 5.41) is 3.20. The van der Waals surface area contributed by atoms with E-state index in [9.17, 15) is 0 Å². The van der Waals surface area contributed by atoms with Crippen LogP contribution < -0.4 is 11.1 Å². The largest absolute Gasteiger partial charge is 0.348 e. The summed E-state index contributed by atoms with van der Waals surface area (Å²) in [6, 6.07) is 8.05. The van der Waals surface area contributed by atoms with Gasteiger partial charge in [0.05, 0.1) is 0 Å². The van der Waals surface area contributed by atoms with E-state index in [0.29, 0.717) is 12.5 Å². The number of nitrogens with zero attached hydrogens (tertiary/aromatic N) is 2. The van der Waals surface area contributed by atoms with Crippen LogP contribution in [0.15, 0.2) is 41.1 Å². The normalized spacial score (nSPS) is 11.4. The van der Waals surface area contributed by atoms with Gasteiger partial charge in [-0.05, 0) is 31.5 Å². The molecule has 19 heavy (non-hydrogen) atoms. The monoisotopic (exact) mass is 320 g/mol. The van der Waals surface area contributed by atoms with Gasteiger partial charge in [0.15, 0.2) is 0 Å². The fourth-order valence-electron chi connectivity index (χ4n) is 1.54. The van der Waals surface area contributed by atoms with Gasteiger partial charge in [-0.2, -0.15) is 0 Å². The maximum Gasteiger partial charge on any atom is 0.223 e. The summed E-state index contributed by atoms with van der Waals surface area (Å²) in [5.74, 6) is 0.594. The Balaban J connectivity index is 2.16.